The third kappa shape index (κ3) is 1.93. The van der Waals surface area contributed by atoms with Crippen molar-refractivity contribution in [3.05, 3.63) is 0 Å². The molecule has 1 saturated carbocycles. The van der Waals surface area contributed by atoms with Crippen LogP contribution in [0.25, 0.3) is 0 Å². The second-order valence-electron chi connectivity index (χ2n) is 3.81. The van der Waals surface area contributed by atoms with Gasteiger partial charge < -0.3 is 10.8 Å². The van der Waals surface area contributed by atoms with E-state index in [0.717, 1.165) is 12.8 Å². The van der Waals surface area contributed by atoms with Crippen LogP contribution in [-0.4, -0.2) is 17.1 Å². The highest BCUT2D eigenvalue weighted by Gasteiger charge is 2.34. The lowest BCUT2D eigenvalue weighted by molar-refractivity contribution is -0.139. The van der Waals surface area contributed by atoms with Crippen molar-refractivity contribution in [3.63, 3.8) is 0 Å². The molecule has 3 N–H and O–H groups in total. The van der Waals surface area contributed by atoms with Crippen LogP contribution >= 0.6 is 0 Å². The highest BCUT2D eigenvalue weighted by Crippen LogP contribution is 2.43. The number of rotatable bonds is 3. The van der Waals surface area contributed by atoms with E-state index < -0.39 is 12.0 Å². The molecule has 3 nitrogen and oxygen atoms in total. The van der Waals surface area contributed by atoms with E-state index in [9.17, 15) is 4.79 Å². The summed E-state index contributed by atoms with van der Waals surface area (Å²) in [5.41, 5.74) is 5.63. The smallest absolute Gasteiger partial charge is 0.320 e. The van der Waals surface area contributed by atoms with Crippen LogP contribution in [0.5, 0.6) is 0 Å². The fraction of sp³-hybridized carbons (Fsp3) is 0.875. The van der Waals surface area contributed by atoms with E-state index in [2.05, 4.69) is 6.92 Å². The number of carbonyl (C=O) groups is 1. The van der Waals surface area contributed by atoms with Crippen LogP contribution in [0.2, 0.25) is 0 Å². The van der Waals surface area contributed by atoms with E-state index in [1.165, 1.54) is 6.42 Å². The minimum atomic E-state index is -0.877. The Kier molecular flexibility index (Phi) is 2.18. The first-order valence-corrected chi connectivity index (χ1v) is 4.02. The summed E-state index contributed by atoms with van der Waals surface area (Å²) in [6.45, 7) is 2.11. The lowest BCUT2D eigenvalue weighted by Gasteiger charge is -2.39. The van der Waals surface area contributed by atoms with Gasteiger partial charge in [0, 0.05) is 0 Å². The largest absolute Gasteiger partial charge is 0.480 e. The second-order valence-corrected chi connectivity index (χ2v) is 3.81. The van der Waals surface area contributed by atoms with Crippen LogP contribution in [0.3, 0.4) is 0 Å². The number of hydrogen-bond acceptors (Lipinski definition) is 2. The molecule has 0 aromatic carbocycles. The van der Waals surface area contributed by atoms with Gasteiger partial charge in [-0.3, -0.25) is 4.79 Å². The molecule has 0 amide bonds. The Labute approximate surface area is 66.6 Å². The summed E-state index contributed by atoms with van der Waals surface area (Å²) in [5, 5.41) is 8.54. The van der Waals surface area contributed by atoms with Crippen molar-refractivity contribution in [2.24, 2.45) is 11.1 Å². The Balaban J connectivity index is 2.35. The van der Waals surface area contributed by atoms with E-state index in [1.54, 1.807) is 0 Å². The third-order valence-electron chi connectivity index (χ3n) is 2.59. The Morgan fingerprint density at radius 1 is 1.73 bits per heavy atom. The molecule has 0 spiro atoms. The molecule has 1 aliphatic carbocycles. The Morgan fingerprint density at radius 2 is 2.27 bits per heavy atom. The molecule has 11 heavy (non-hydrogen) atoms. The molecule has 0 aliphatic heterocycles. The van der Waals surface area contributed by atoms with Crippen LogP contribution in [-0.2, 0) is 4.79 Å². The van der Waals surface area contributed by atoms with Gasteiger partial charge >= 0.3 is 5.97 Å². The average Bonchev–Trinajstić information content (AvgIpc) is 1.84. The zero-order valence-corrected chi connectivity index (χ0v) is 6.84. The Hall–Kier alpha value is -0.570. The number of carboxylic acid groups (broad SMARTS) is 1. The van der Waals surface area contributed by atoms with E-state index >= 15 is 0 Å². The molecule has 1 atom stereocenters. The van der Waals surface area contributed by atoms with Gasteiger partial charge in [-0.2, -0.15) is 0 Å². The summed E-state index contributed by atoms with van der Waals surface area (Å²) >= 11 is 0. The monoisotopic (exact) mass is 157 g/mol. The van der Waals surface area contributed by atoms with Gasteiger partial charge in [-0.15, -0.1) is 0 Å². The second kappa shape index (κ2) is 2.81. The molecule has 1 aliphatic rings. The highest BCUT2D eigenvalue weighted by molar-refractivity contribution is 5.73. The molecule has 0 bridgehead atoms. The van der Waals surface area contributed by atoms with E-state index in [-0.39, 0.29) is 5.41 Å². The van der Waals surface area contributed by atoms with Crippen molar-refractivity contribution in [1.82, 2.24) is 0 Å². The Bertz CT molecular complexity index is 163. The third-order valence-corrected chi connectivity index (χ3v) is 2.59. The Morgan fingerprint density at radius 3 is 2.55 bits per heavy atom. The molecular weight excluding hydrogens is 142 g/mol. The minimum Gasteiger partial charge on any atom is -0.480 e. The molecule has 64 valence electrons. The molecule has 0 aromatic rings. The molecule has 3 heteroatoms. The summed E-state index contributed by atoms with van der Waals surface area (Å²) in [7, 11) is 0. The van der Waals surface area contributed by atoms with Crippen molar-refractivity contribution in [3.8, 4) is 0 Å². The summed E-state index contributed by atoms with van der Waals surface area (Å²) in [5.74, 6) is -0.877. The molecule has 0 aromatic heterocycles. The van der Waals surface area contributed by atoms with Crippen LogP contribution < -0.4 is 5.73 Å². The van der Waals surface area contributed by atoms with Crippen molar-refractivity contribution >= 4 is 5.97 Å². The van der Waals surface area contributed by atoms with Crippen molar-refractivity contribution < 1.29 is 9.90 Å². The van der Waals surface area contributed by atoms with Gasteiger partial charge in [0.15, 0.2) is 0 Å². The van der Waals surface area contributed by atoms with Gasteiger partial charge in [-0.05, 0) is 24.7 Å². The first-order valence-electron chi connectivity index (χ1n) is 4.02. The lowest BCUT2D eigenvalue weighted by atomic mass is 9.67. The lowest BCUT2D eigenvalue weighted by Crippen LogP contribution is -2.39. The van der Waals surface area contributed by atoms with Crippen LogP contribution in [0.1, 0.15) is 32.6 Å². The van der Waals surface area contributed by atoms with Gasteiger partial charge in [-0.25, -0.2) is 0 Å². The van der Waals surface area contributed by atoms with Crippen LogP contribution in [0.4, 0.5) is 0 Å². The minimum absolute atomic E-state index is 0.220. The molecule has 1 fully saturated rings. The van der Waals surface area contributed by atoms with Gasteiger partial charge in [0.05, 0.1) is 0 Å². The maximum Gasteiger partial charge on any atom is 0.320 e. The van der Waals surface area contributed by atoms with E-state index in [4.69, 9.17) is 10.8 Å². The molecule has 0 heterocycles. The van der Waals surface area contributed by atoms with Crippen LogP contribution in [0, 0.1) is 5.41 Å². The number of carboxylic acids is 1. The highest BCUT2D eigenvalue weighted by atomic mass is 16.4. The normalized spacial score (nSPS) is 23.8. The summed E-state index contributed by atoms with van der Waals surface area (Å²) < 4.78 is 0. The maximum atomic E-state index is 10.4. The predicted molar refractivity (Wildman–Crippen MR) is 42.2 cm³/mol. The predicted octanol–water partition coefficient (Wildman–Crippen LogP) is 0.979. The number of hydrogen-bond donors (Lipinski definition) is 2. The number of aliphatic carboxylic acids is 1. The molecule has 1 rings (SSSR count). The standard InChI is InChI=1S/C8H15NO2/c1-8(3-2-4-8)5-6(9)7(10)11/h6H,2-5,9H2,1H3,(H,10,11). The quantitative estimate of drug-likeness (QED) is 0.641. The molecule has 1 unspecified atom stereocenters. The molecular formula is C8H15NO2. The number of nitrogens with two attached hydrogens (primary N) is 1. The maximum absolute atomic E-state index is 10.4. The summed E-state index contributed by atoms with van der Waals surface area (Å²) in [4.78, 5) is 10.4. The molecule has 0 radical (unpaired) electrons. The van der Waals surface area contributed by atoms with E-state index in [1.807, 2.05) is 0 Å². The SMILES string of the molecule is CC1(CC(N)C(=O)O)CCC1. The average molecular weight is 157 g/mol. The van der Waals surface area contributed by atoms with Crippen molar-refractivity contribution in [2.75, 3.05) is 0 Å². The van der Waals surface area contributed by atoms with Gasteiger partial charge in [0.2, 0.25) is 0 Å². The van der Waals surface area contributed by atoms with Gasteiger partial charge in [0.1, 0.15) is 6.04 Å². The van der Waals surface area contributed by atoms with Gasteiger partial charge in [0.25, 0.3) is 0 Å². The van der Waals surface area contributed by atoms with Crippen molar-refractivity contribution in [1.29, 1.82) is 0 Å². The summed E-state index contributed by atoms with van der Waals surface area (Å²) in [6, 6.07) is -0.666. The molecule has 0 saturated heterocycles. The van der Waals surface area contributed by atoms with Gasteiger partial charge in [-0.1, -0.05) is 13.3 Å². The zero-order chi connectivity index (χ0) is 8.48. The zero-order valence-electron chi connectivity index (χ0n) is 6.84. The summed E-state index contributed by atoms with van der Waals surface area (Å²) in [6.07, 6.45) is 4.12. The van der Waals surface area contributed by atoms with E-state index in [0.29, 0.717) is 6.42 Å². The fourth-order valence-corrected chi connectivity index (χ4v) is 1.60. The van der Waals surface area contributed by atoms with Crippen molar-refractivity contribution in [2.45, 2.75) is 38.6 Å². The first-order chi connectivity index (χ1) is 5.03. The van der Waals surface area contributed by atoms with Crippen LogP contribution in [0.15, 0.2) is 0 Å². The topological polar surface area (TPSA) is 63.3 Å². The fourth-order valence-electron chi connectivity index (χ4n) is 1.60. The first kappa shape index (κ1) is 8.53.